The van der Waals surface area contributed by atoms with E-state index in [1.807, 2.05) is 25.1 Å². The molecule has 1 atom stereocenters. The van der Waals surface area contributed by atoms with Crippen molar-refractivity contribution in [2.45, 2.75) is 13.0 Å². The Hall–Kier alpha value is -2.12. The van der Waals surface area contributed by atoms with Crippen molar-refractivity contribution in [3.8, 4) is 22.1 Å². The zero-order valence-electron chi connectivity index (χ0n) is 13.9. The Morgan fingerprint density at radius 3 is 2.92 bits per heavy atom. The van der Waals surface area contributed by atoms with Crippen LogP contribution in [0.4, 0.5) is 0 Å². The lowest BCUT2D eigenvalue weighted by Gasteiger charge is -2.30. The van der Waals surface area contributed by atoms with Gasteiger partial charge in [-0.05, 0) is 19.1 Å². The van der Waals surface area contributed by atoms with Crippen molar-refractivity contribution < 1.29 is 19.0 Å². The average Bonchev–Trinajstić information content (AvgIpc) is 3.10. The molecule has 0 bridgehead atoms. The van der Waals surface area contributed by atoms with Crippen LogP contribution in [0.5, 0.6) is 11.5 Å². The molecule has 3 rings (SSSR count). The molecule has 2 heterocycles. The maximum atomic E-state index is 12.6. The molecule has 24 heavy (non-hydrogen) atoms. The molecule has 7 heteroatoms. The Morgan fingerprint density at radius 1 is 1.38 bits per heavy atom. The lowest BCUT2D eigenvalue weighted by atomic mass is 10.2. The van der Waals surface area contributed by atoms with Crippen LogP contribution in [0.25, 0.3) is 10.6 Å². The largest absolute Gasteiger partial charge is 0.493 e. The predicted octanol–water partition coefficient (Wildman–Crippen LogP) is 2.69. The highest BCUT2D eigenvalue weighted by atomic mass is 32.1. The van der Waals surface area contributed by atoms with Gasteiger partial charge in [0.15, 0.2) is 11.5 Å². The Labute approximate surface area is 145 Å². The van der Waals surface area contributed by atoms with E-state index in [9.17, 15) is 4.79 Å². The molecule has 1 saturated heterocycles. The van der Waals surface area contributed by atoms with Gasteiger partial charge in [0, 0.05) is 18.5 Å². The molecule has 1 amide bonds. The van der Waals surface area contributed by atoms with E-state index < -0.39 is 0 Å². The molecule has 0 radical (unpaired) electrons. The highest BCUT2D eigenvalue weighted by Gasteiger charge is 2.25. The summed E-state index contributed by atoms with van der Waals surface area (Å²) in [5.74, 6) is 1.20. The van der Waals surface area contributed by atoms with E-state index in [1.165, 1.54) is 11.3 Å². The quantitative estimate of drug-likeness (QED) is 0.850. The van der Waals surface area contributed by atoms with Crippen LogP contribution in [0.1, 0.15) is 17.4 Å². The molecule has 1 fully saturated rings. The van der Waals surface area contributed by atoms with E-state index in [1.54, 1.807) is 24.5 Å². The van der Waals surface area contributed by atoms with Gasteiger partial charge in [-0.15, -0.1) is 11.3 Å². The van der Waals surface area contributed by atoms with Gasteiger partial charge in [0.2, 0.25) is 0 Å². The number of carbonyl (C=O) groups excluding carboxylic acids is 1. The van der Waals surface area contributed by atoms with Gasteiger partial charge in [-0.3, -0.25) is 4.79 Å². The molecule has 1 aromatic heterocycles. The van der Waals surface area contributed by atoms with Gasteiger partial charge in [0.25, 0.3) is 5.91 Å². The average molecular weight is 348 g/mol. The van der Waals surface area contributed by atoms with Gasteiger partial charge < -0.3 is 19.1 Å². The van der Waals surface area contributed by atoms with Gasteiger partial charge in [-0.2, -0.15) is 0 Å². The van der Waals surface area contributed by atoms with E-state index in [-0.39, 0.29) is 12.0 Å². The highest BCUT2D eigenvalue weighted by molar-refractivity contribution is 7.13. The Morgan fingerprint density at radius 2 is 2.21 bits per heavy atom. The second-order valence-electron chi connectivity index (χ2n) is 5.51. The molecule has 128 valence electrons. The molecular formula is C17H20N2O4S. The third-order valence-electron chi connectivity index (χ3n) is 3.88. The first-order chi connectivity index (χ1) is 11.6. The molecule has 0 N–H and O–H groups in total. The molecule has 1 aliphatic rings. The zero-order chi connectivity index (χ0) is 17.1. The zero-order valence-corrected chi connectivity index (χ0v) is 14.8. The fourth-order valence-electron chi connectivity index (χ4n) is 2.72. The molecular weight excluding hydrogens is 328 g/mol. The third kappa shape index (κ3) is 3.22. The minimum Gasteiger partial charge on any atom is -0.493 e. The van der Waals surface area contributed by atoms with Crippen LogP contribution in [-0.2, 0) is 4.74 Å². The number of morpholine rings is 1. The fraction of sp³-hybridized carbons (Fsp3) is 0.412. The van der Waals surface area contributed by atoms with Crippen LogP contribution in [0.3, 0.4) is 0 Å². The number of hydrogen-bond acceptors (Lipinski definition) is 6. The van der Waals surface area contributed by atoms with Gasteiger partial charge in [0.05, 0.1) is 32.5 Å². The van der Waals surface area contributed by atoms with E-state index in [4.69, 9.17) is 14.2 Å². The molecule has 6 nitrogen and oxygen atoms in total. The molecule has 1 aliphatic heterocycles. The van der Waals surface area contributed by atoms with E-state index >= 15 is 0 Å². The first kappa shape index (κ1) is 16.7. The third-order valence-corrected chi connectivity index (χ3v) is 4.76. The van der Waals surface area contributed by atoms with E-state index in [0.29, 0.717) is 36.9 Å². The summed E-state index contributed by atoms with van der Waals surface area (Å²) in [6.07, 6.45) is 0.0549. The number of hydrogen-bond donors (Lipinski definition) is 0. The minimum atomic E-state index is -0.0606. The summed E-state index contributed by atoms with van der Waals surface area (Å²) in [6.45, 7) is 3.72. The fourth-order valence-corrected chi connectivity index (χ4v) is 3.53. The number of ether oxygens (including phenoxy) is 3. The predicted molar refractivity (Wildman–Crippen MR) is 92.0 cm³/mol. The van der Waals surface area contributed by atoms with Crippen molar-refractivity contribution in [3.05, 3.63) is 29.3 Å². The van der Waals surface area contributed by atoms with Crippen LogP contribution in [0.2, 0.25) is 0 Å². The number of benzene rings is 1. The van der Waals surface area contributed by atoms with E-state index in [0.717, 1.165) is 10.6 Å². The van der Waals surface area contributed by atoms with Crippen molar-refractivity contribution in [3.63, 3.8) is 0 Å². The first-order valence-corrected chi connectivity index (χ1v) is 8.59. The summed E-state index contributed by atoms with van der Waals surface area (Å²) in [4.78, 5) is 18.9. The van der Waals surface area contributed by atoms with Gasteiger partial charge in [-0.25, -0.2) is 4.98 Å². The number of aromatic nitrogens is 1. The number of amides is 1. The maximum absolute atomic E-state index is 12.6. The summed E-state index contributed by atoms with van der Waals surface area (Å²) in [5.41, 5.74) is 1.27. The normalized spacial score (nSPS) is 17.6. The molecule has 1 aromatic carbocycles. The summed E-state index contributed by atoms with van der Waals surface area (Å²) in [5, 5.41) is 2.52. The molecule has 0 saturated carbocycles. The minimum absolute atomic E-state index is 0.0549. The number of methoxy groups -OCH3 is 2. The second-order valence-corrected chi connectivity index (χ2v) is 6.37. The SMILES string of the molecule is COc1cccc(-c2nc(C(=O)N3CCOC(C)C3)cs2)c1OC. The van der Waals surface area contributed by atoms with Crippen LogP contribution in [0.15, 0.2) is 23.6 Å². The second kappa shape index (κ2) is 7.19. The van der Waals surface area contributed by atoms with Gasteiger partial charge >= 0.3 is 0 Å². The van der Waals surface area contributed by atoms with E-state index in [2.05, 4.69) is 4.98 Å². The summed E-state index contributed by atoms with van der Waals surface area (Å²) < 4.78 is 16.3. The molecule has 0 spiro atoms. The number of nitrogens with zero attached hydrogens (tertiary/aromatic N) is 2. The van der Waals surface area contributed by atoms with Crippen LogP contribution >= 0.6 is 11.3 Å². The number of para-hydroxylation sites is 1. The van der Waals surface area contributed by atoms with Crippen molar-refractivity contribution in [1.29, 1.82) is 0 Å². The Bertz CT molecular complexity index is 731. The van der Waals surface area contributed by atoms with Crippen molar-refractivity contribution in [2.24, 2.45) is 0 Å². The lowest BCUT2D eigenvalue weighted by Crippen LogP contribution is -2.44. The monoisotopic (exact) mass is 348 g/mol. The summed E-state index contributed by atoms with van der Waals surface area (Å²) >= 11 is 1.42. The Kier molecular flexibility index (Phi) is 5.01. The topological polar surface area (TPSA) is 60.9 Å². The van der Waals surface area contributed by atoms with Gasteiger partial charge in [0.1, 0.15) is 10.7 Å². The molecule has 2 aromatic rings. The van der Waals surface area contributed by atoms with Gasteiger partial charge in [-0.1, -0.05) is 6.07 Å². The Balaban J connectivity index is 1.87. The van der Waals surface area contributed by atoms with Crippen molar-refractivity contribution in [1.82, 2.24) is 9.88 Å². The smallest absolute Gasteiger partial charge is 0.273 e. The number of thiazole rings is 1. The van der Waals surface area contributed by atoms with Crippen LogP contribution in [0, 0.1) is 0 Å². The number of rotatable bonds is 4. The van der Waals surface area contributed by atoms with Crippen LogP contribution < -0.4 is 9.47 Å². The number of carbonyl (C=O) groups is 1. The standard InChI is InChI=1S/C17H20N2O4S/c1-11-9-19(7-8-23-11)17(20)13-10-24-16(18-13)12-5-4-6-14(21-2)15(12)22-3/h4-6,10-11H,7-9H2,1-3H3. The van der Waals surface area contributed by atoms with Crippen LogP contribution in [-0.4, -0.2) is 55.8 Å². The lowest BCUT2D eigenvalue weighted by molar-refractivity contribution is -0.0126. The molecule has 0 aliphatic carbocycles. The maximum Gasteiger partial charge on any atom is 0.273 e. The van der Waals surface area contributed by atoms with Crippen molar-refractivity contribution >= 4 is 17.2 Å². The summed E-state index contributed by atoms with van der Waals surface area (Å²) in [6, 6.07) is 5.62. The highest BCUT2D eigenvalue weighted by Crippen LogP contribution is 2.39. The summed E-state index contributed by atoms with van der Waals surface area (Å²) in [7, 11) is 3.19. The molecule has 1 unspecified atom stereocenters. The van der Waals surface area contributed by atoms with Crippen molar-refractivity contribution in [2.75, 3.05) is 33.9 Å². The first-order valence-electron chi connectivity index (χ1n) is 7.71.